The van der Waals surface area contributed by atoms with Crippen molar-refractivity contribution in [3.8, 4) is 45.5 Å². The van der Waals surface area contributed by atoms with E-state index in [0.717, 1.165) is 22.3 Å². The molecule has 1 aliphatic rings. The third-order valence-electron chi connectivity index (χ3n) is 7.76. The SMILES string of the molecule is Cc1noc(/C=C/c2ccccc2)c1-n1c(C)nc2nc3c4c(cc(-c5ccc(O)cc5)nc4c2c1=O)-c1ccccc1O3. The number of hydrogen-bond donors (Lipinski definition) is 1. The smallest absolute Gasteiger partial charge is 0.270 e. The second-order valence-corrected chi connectivity index (χ2v) is 10.6. The molecule has 0 aliphatic carbocycles. The molecule has 8 rings (SSSR count). The monoisotopic (exact) mass is 577 g/mol. The zero-order chi connectivity index (χ0) is 29.9. The fraction of sp³-hybridized carbons (Fsp3) is 0.0571. The molecule has 212 valence electrons. The summed E-state index contributed by atoms with van der Waals surface area (Å²) in [5, 5.41) is 15.0. The summed E-state index contributed by atoms with van der Waals surface area (Å²) in [7, 11) is 0. The maximum Gasteiger partial charge on any atom is 0.270 e. The molecule has 5 heterocycles. The third-order valence-corrected chi connectivity index (χ3v) is 7.76. The molecule has 0 spiro atoms. The summed E-state index contributed by atoms with van der Waals surface area (Å²) >= 11 is 0. The van der Waals surface area contributed by atoms with E-state index >= 15 is 0 Å². The van der Waals surface area contributed by atoms with Crippen molar-refractivity contribution in [1.82, 2.24) is 24.7 Å². The van der Waals surface area contributed by atoms with Gasteiger partial charge in [-0.3, -0.25) is 9.36 Å². The minimum absolute atomic E-state index is 0.148. The lowest BCUT2D eigenvalue weighted by atomic mass is 9.96. The van der Waals surface area contributed by atoms with Gasteiger partial charge in [-0.1, -0.05) is 59.8 Å². The maximum atomic E-state index is 14.6. The Hall–Kier alpha value is -6.09. The van der Waals surface area contributed by atoms with E-state index in [0.29, 0.717) is 51.2 Å². The number of ether oxygens (including phenoxy) is 1. The molecule has 1 N–H and O–H groups in total. The van der Waals surface area contributed by atoms with Crippen molar-refractivity contribution in [1.29, 1.82) is 0 Å². The minimum Gasteiger partial charge on any atom is -0.508 e. The van der Waals surface area contributed by atoms with Gasteiger partial charge in [0.15, 0.2) is 11.4 Å². The second-order valence-electron chi connectivity index (χ2n) is 10.6. The van der Waals surface area contributed by atoms with Gasteiger partial charge in [-0.05, 0) is 61.9 Å². The molecule has 7 aromatic rings. The van der Waals surface area contributed by atoms with Crippen molar-refractivity contribution in [3.63, 3.8) is 0 Å². The number of pyridine rings is 2. The summed E-state index contributed by atoms with van der Waals surface area (Å²) in [5.74, 6) is 1.96. The minimum atomic E-state index is -0.354. The fourth-order valence-electron chi connectivity index (χ4n) is 5.71. The molecular weight excluding hydrogens is 554 g/mol. The first-order chi connectivity index (χ1) is 21.5. The first-order valence-corrected chi connectivity index (χ1v) is 14.0. The third kappa shape index (κ3) is 3.98. The number of para-hydroxylation sites is 1. The maximum absolute atomic E-state index is 14.6. The summed E-state index contributed by atoms with van der Waals surface area (Å²) < 4.78 is 13.4. The second kappa shape index (κ2) is 9.74. The van der Waals surface area contributed by atoms with Gasteiger partial charge in [0.1, 0.15) is 34.1 Å². The van der Waals surface area contributed by atoms with Crippen LogP contribution in [0.4, 0.5) is 0 Å². The molecule has 0 amide bonds. The quantitative estimate of drug-likeness (QED) is 0.218. The molecule has 9 nitrogen and oxygen atoms in total. The zero-order valence-electron chi connectivity index (χ0n) is 23.6. The van der Waals surface area contributed by atoms with E-state index < -0.39 is 0 Å². The Morgan fingerprint density at radius 1 is 0.818 bits per heavy atom. The zero-order valence-corrected chi connectivity index (χ0v) is 23.6. The summed E-state index contributed by atoms with van der Waals surface area (Å²) in [6, 6.07) is 26.2. The molecular formula is C35H23N5O4. The Bertz CT molecular complexity index is 2360. The van der Waals surface area contributed by atoms with Gasteiger partial charge >= 0.3 is 0 Å². The van der Waals surface area contributed by atoms with Gasteiger partial charge in [0.25, 0.3) is 5.56 Å². The highest BCUT2D eigenvalue weighted by Crippen LogP contribution is 2.47. The van der Waals surface area contributed by atoms with E-state index in [1.54, 1.807) is 44.2 Å². The number of aryl methyl sites for hydroxylation is 2. The Kier molecular flexibility index (Phi) is 5.67. The van der Waals surface area contributed by atoms with Gasteiger partial charge in [-0.15, -0.1) is 0 Å². The lowest BCUT2D eigenvalue weighted by molar-refractivity contribution is 0.408. The van der Waals surface area contributed by atoms with Crippen LogP contribution in [-0.4, -0.2) is 29.8 Å². The normalized spacial score (nSPS) is 12.1. The van der Waals surface area contributed by atoms with Crippen LogP contribution in [0.2, 0.25) is 0 Å². The lowest BCUT2D eigenvalue weighted by Gasteiger charge is -2.22. The number of phenols is 1. The van der Waals surface area contributed by atoms with E-state index in [1.807, 2.05) is 66.7 Å². The number of nitrogens with zero attached hydrogens (tertiary/aromatic N) is 5. The average Bonchev–Trinajstić information content (AvgIpc) is 3.40. The number of rotatable bonds is 4. The summed E-state index contributed by atoms with van der Waals surface area (Å²) in [6.45, 7) is 3.54. The largest absolute Gasteiger partial charge is 0.508 e. The van der Waals surface area contributed by atoms with Crippen molar-refractivity contribution >= 4 is 34.1 Å². The van der Waals surface area contributed by atoms with E-state index in [9.17, 15) is 9.90 Å². The highest BCUT2D eigenvalue weighted by atomic mass is 16.5. The van der Waals surface area contributed by atoms with E-state index in [-0.39, 0.29) is 22.3 Å². The van der Waals surface area contributed by atoms with Crippen LogP contribution in [0.1, 0.15) is 22.8 Å². The van der Waals surface area contributed by atoms with Crippen LogP contribution >= 0.6 is 0 Å². The predicted octanol–water partition coefficient (Wildman–Crippen LogP) is 7.25. The molecule has 1 aliphatic heterocycles. The Balaban J connectivity index is 1.44. The molecule has 0 unspecified atom stereocenters. The van der Waals surface area contributed by atoms with Gasteiger partial charge in [0.05, 0.1) is 16.6 Å². The number of hydrogen-bond acceptors (Lipinski definition) is 8. The number of fused-ring (bicyclic) bond motifs is 4. The van der Waals surface area contributed by atoms with Crippen LogP contribution in [0.25, 0.3) is 62.2 Å². The highest BCUT2D eigenvalue weighted by Gasteiger charge is 2.28. The van der Waals surface area contributed by atoms with Crippen molar-refractivity contribution in [2.45, 2.75) is 13.8 Å². The van der Waals surface area contributed by atoms with E-state index in [4.69, 9.17) is 24.2 Å². The molecule has 0 saturated carbocycles. The van der Waals surface area contributed by atoms with Gasteiger partial charge in [-0.2, -0.15) is 4.98 Å². The van der Waals surface area contributed by atoms with Gasteiger partial charge in [0.2, 0.25) is 5.88 Å². The van der Waals surface area contributed by atoms with Gasteiger partial charge in [-0.25, -0.2) is 9.97 Å². The Morgan fingerprint density at radius 3 is 2.41 bits per heavy atom. The van der Waals surface area contributed by atoms with Crippen molar-refractivity contribution < 1.29 is 14.4 Å². The number of phenolic OH excluding ortho intramolecular Hbond substituents is 1. The predicted molar refractivity (Wildman–Crippen MR) is 168 cm³/mol. The Morgan fingerprint density at radius 2 is 1.59 bits per heavy atom. The van der Waals surface area contributed by atoms with Gasteiger partial charge in [0, 0.05) is 16.7 Å². The molecule has 0 saturated heterocycles. The molecule has 0 fully saturated rings. The van der Waals surface area contributed by atoms with E-state index in [2.05, 4.69) is 5.16 Å². The first kappa shape index (κ1) is 25.6. The topological polar surface area (TPSA) is 116 Å². The van der Waals surface area contributed by atoms with Crippen LogP contribution in [0.15, 0.2) is 94.2 Å². The molecule has 0 bridgehead atoms. The first-order valence-electron chi connectivity index (χ1n) is 14.0. The van der Waals surface area contributed by atoms with Crippen LogP contribution < -0.4 is 10.3 Å². The molecule has 3 aromatic carbocycles. The van der Waals surface area contributed by atoms with Crippen molar-refractivity contribution in [2.24, 2.45) is 0 Å². The number of aromatic hydroxyl groups is 1. The number of benzene rings is 3. The Labute approximate surface area is 250 Å². The molecule has 44 heavy (non-hydrogen) atoms. The van der Waals surface area contributed by atoms with E-state index in [1.165, 1.54) is 4.57 Å². The lowest BCUT2D eigenvalue weighted by Crippen LogP contribution is -2.24. The standard InChI is InChI=1S/C35H23N5O4/c1-19-32(28(44-39-19)17-12-21-8-4-3-5-9-21)40-20(2)36-33-30(35(40)42)31-29-25(18-26(37-31)22-13-15-23(41)16-14-22)24-10-6-7-11-27(24)43-34(29)38-33/h3-18,41H,1-2H3/b17-12+. The molecule has 0 radical (unpaired) electrons. The highest BCUT2D eigenvalue weighted by molar-refractivity contribution is 6.12. The van der Waals surface area contributed by atoms with Gasteiger partial charge < -0.3 is 14.4 Å². The van der Waals surface area contributed by atoms with Crippen molar-refractivity contribution in [3.05, 3.63) is 118 Å². The molecule has 9 heteroatoms. The summed E-state index contributed by atoms with van der Waals surface area (Å²) in [6.07, 6.45) is 3.70. The molecule has 4 aromatic heterocycles. The van der Waals surface area contributed by atoms with Crippen LogP contribution in [0.5, 0.6) is 17.4 Å². The number of aromatic nitrogens is 5. The fourth-order valence-corrected chi connectivity index (χ4v) is 5.71. The molecule has 0 atom stereocenters. The van der Waals surface area contributed by atoms with Crippen LogP contribution in [-0.2, 0) is 0 Å². The average molecular weight is 578 g/mol. The van der Waals surface area contributed by atoms with Crippen LogP contribution in [0, 0.1) is 13.8 Å². The van der Waals surface area contributed by atoms with Crippen LogP contribution in [0.3, 0.4) is 0 Å². The summed E-state index contributed by atoms with van der Waals surface area (Å²) in [4.78, 5) is 29.1. The van der Waals surface area contributed by atoms with Crippen molar-refractivity contribution in [2.75, 3.05) is 0 Å². The summed E-state index contributed by atoms with van der Waals surface area (Å²) in [5.41, 5.74) is 5.40.